The highest BCUT2D eigenvalue weighted by Gasteiger charge is 2.36. The van der Waals surface area contributed by atoms with Crippen LogP contribution in [0.3, 0.4) is 0 Å². The van der Waals surface area contributed by atoms with E-state index in [4.69, 9.17) is 11.6 Å². The van der Waals surface area contributed by atoms with Gasteiger partial charge < -0.3 is 15.3 Å². The van der Waals surface area contributed by atoms with Crippen LogP contribution in [0.2, 0.25) is 5.02 Å². The zero-order valence-electron chi connectivity index (χ0n) is 23.1. The van der Waals surface area contributed by atoms with E-state index in [1.165, 1.54) is 22.4 Å². The van der Waals surface area contributed by atoms with Crippen molar-refractivity contribution in [3.63, 3.8) is 0 Å². The van der Waals surface area contributed by atoms with Crippen LogP contribution in [0.4, 0.5) is 10.1 Å². The predicted molar refractivity (Wildman–Crippen MR) is 157 cm³/mol. The number of hydrogen-bond acceptors (Lipinski definition) is 6. The number of β-amino-alcohol motifs (C(OH)–C–C–N with tert-alkyl or cyclic N) is 1. The summed E-state index contributed by atoms with van der Waals surface area (Å²) in [4.78, 5) is 35.5. The molecule has 216 valence electrons. The van der Waals surface area contributed by atoms with Crippen LogP contribution in [0.5, 0.6) is 0 Å². The second-order valence-corrected chi connectivity index (χ2v) is 11.0. The molecule has 2 N–H and O–H groups in total. The molecule has 2 amide bonds. The van der Waals surface area contributed by atoms with E-state index < -0.39 is 11.7 Å². The second-order valence-electron chi connectivity index (χ2n) is 10.6. The third-order valence-electron chi connectivity index (χ3n) is 7.99. The van der Waals surface area contributed by atoms with Crippen molar-refractivity contribution in [1.82, 2.24) is 25.0 Å². The summed E-state index contributed by atoms with van der Waals surface area (Å²) in [6.45, 7) is 4.72. The Morgan fingerprint density at radius 1 is 1.14 bits per heavy atom. The number of fused-ring (bicyclic) bond motifs is 2. The number of aryl methyl sites for hydroxylation is 1. The van der Waals surface area contributed by atoms with E-state index in [1.54, 1.807) is 23.4 Å². The molecule has 0 saturated carbocycles. The van der Waals surface area contributed by atoms with Crippen molar-refractivity contribution < 1.29 is 19.1 Å². The molecule has 0 bridgehead atoms. The number of carbonyl (C=O) groups excluding carboxylic acids is 2. The van der Waals surface area contributed by atoms with E-state index in [1.807, 2.05) is 31.2 Å². The summed E-state index contributed by atoms with van der Waals surface area (Å²) in [6, 6.07) is 12.3. The fourth-order valence-electron chi connectivity index (χ4n) is 5.66. The maximum atomic E-state index is 15.3. The van der Waals surface area contributed by atoms with Gasteiger partial charge in [-0.1, -0.05) is 23.7 Å². The molecule has 2 aliphatic rings. The molecule has 9 nitrogen and oxygen atoms in total. The van der Waals surface area contributed by atoms with Crippen molar-refractivity contribution >= 4 is 29.1 Å². The lowest BCUT2D eigenvalue weighted by atomic mass is 9.97. The first-order valence-electron chi connectivity index (χ1n) is 13.9. The van der Waals surface area contributed by atoms with Gasteiger partial charge in [0.25, 0.3) is 11.8 Å². The Morgan fingerprint density at radius 2 is 2.00 bits per heavy atom. The average Bonchev–Trinajstić information content (AvgIpc) is 3.38. The minimum atomic E-state index is -0.731. The van der Waals surface area contributed by atoms with Gasteiger partial charge in [0.05, 0.1) is 11.6 Å². The largest absolute Gasteiger partial charge is 0.395 e. The molecule has 2 aromatic carbocycles. The predicted octanol–water partition coefficient (Wildman–Crippen LogP) is 3.85. The lowest BCUT2D eigenvalue weighted by molar-refractivity contribution is 0.0944. The first-order valence-corrected chi connectivity index (χ1v) is 14.2. The lowest BCUT2D eigenvalue weighted by Gasteiger charge is -2.31. The number of hydrogen-bond donors (Lipinski definition) is 2. The number of aromatic nitrogens is 3. The number of benzene rings is 2. The van der Waals surface area contributed by atoms with E-state index in [0.717, 1.165) is 29.7 Å². The Bertz CT molecular complexity index is 1690. The molecule has 0 spiro atoms. The summed E-state index contributed by atoms with van der Waals surface area (Å²) < 4.78 is 16.5. The van der Waals surface area contributed by atoms with Gasteiger partial charge in [0, 0.05) is 56.4 Å². The zero-order chi connectivity index (χ0) is 29.4. The molecular weight excluding hydrogens is 559 g/mol. The summed E-state index contributed by atoms with van der Waals surface area (Å²) in [5.74, 6) is -1.58. The molecule has 0 unspecified atom stereocenters. The van der Waals surface area contributed by atoms with Gasteiger partial charge in [-0.3, -0.25) is 19.5 Å². The van der Waals surface area contributed by atoms with E-state index in [-0.39, 0.29) is 41.2 Å². The molecule has 42 heavy (non-hydrogen) atoms. The fourth-order valence-corrected chi connectivity index (χ4v) is 5.83. The van der Waals surface area contributed by atoms with Crippen LogP contribution < -0.4 is 10.2 Å². The molecule has 11 heteroatoms. The van der Waals surface area contributed by atoms with Crippen LogP contribution in [0.15, 0.2) is 54.9 Å². The number of aliphatic hydroxyl groups is 1. The maximum absolute atomic E-state index is 15.3. The molecule has 0 aliphatic carbocycles. The zero-order valence-corrected chi connectivity index (χ0v) is 23.9. The van der Waals surface area contributed by atoms with Crippen molar-refractivity contribution in [3.05, 3.63) is 105 Å². The Balaban J connectivity index is 1.37. The Labute approximate surface area is 247 Å². The van der Waals surface area contributed by atoms with E-state index >= 15 is 4.39 Å². The number of rotatable bonds is 7. The molecule has 6 rings (SSSR count). The third-order valence-corrected chi connectivity index (χ3v) is 8.28. The summed E-state index contributed by atoms with van der Waals surface area (Å²) >= 11 is 6.09. The van der Waals surface area contributed by atoms with Crippen molar-refractivity contribution in [3.8, 4) is 5.69 Å². The van der Waals surface area contributed by atoms with Crippen molar-refractivity contribution in [2.45, 2.75) is 32.9 Å². The van der Waals surface area contributed by atoms with Gasteiger partial charge in [0.1, 0.15) is 11.4 Å². The lowest BCUT2D eigenvalue weighted by Crippen LogP contribution is -2.39. The number of anilines is 1. The second kappa shape index (κ2) is 11.6. The summed E-state index contributed by atoms with van der Waals surface area (Å²) in [6.07, 6.45) is 4.59. The normalized spacial score (nSPS) is 15.0. The smallest absolute Gasteiger partial charge is 0.277 e. The molecular formula is C31H30ClFN6O3. The van der Waals surface area contributed by atoms with E-state index in [0.29, 0.717) is 37.3 Å². The highest BCUT2D eigenvalue weighted by molar-refractivity contribution is 6.30. The number of carbonyl (C=O) groups is 2. The van der Waals surface area contributed by atoms with Crippen LogP contribution in [0.25, 0.3) is 5.69 Å². The number of nitrogens with one attached hydrogen (secondary N) is 1. The van der Waals surface area contributed by atoms with Crippen molar-refractivity contribution in [2.75, 3.05) is 31.1 Å². The van der Waals surface area contributed by atoms with Gasteiger partial charge in [-0.25, -0.2) is 9.07 Å². The monoisotopic (exact) mass is 588 g/mol. The number of nitrogens with zero attached hydrogens (tertiary/aromatic N) is 5. The standard InChI is InChI=1S/C31H30ClFN6O3/c1-19-7-10-34-16-22(19)17-35-30(41)28-24-9-12-38(23-6-5-20-8-11-37(13-14-40)18-21(20)15-23)31(42)29(24)39(36-28)26-4-2-3-25(32)27(26)33/h2-7,10,15-16,40H,8-9,11-14,17-18H2,1H3,(H,35,41). The van der Waals surface area contributed by atoms with Gasteiger partial charge >= 0.3 is 0 Å². The van der Waals surface area contributed by atoms with Crippen molar-refractivity contribution in [1.29, 1.82) is 0 Å². The molecule has 0 radical (unpaired) electrons. The Kier molecular flexibility index (Phi) is 7.76. The Hall–Kier alpha value is -4.12. The summed E-state index contributed by atoms with van der Waals surface area (Å²) in [5, 5.41) is 16.6. The van der Waals surface area contributed by atoms with Gasteiger partial charge in [0.2, 0.25) is 0 Å². The quantitative estimate of drug-likeness (QED) is 0.340. The summed E-state index contributed by atoms with van der Waals surface area (Å²) in [7, 11) is 0. The van der Waals surface area contributed by atoms with E-state index in [9.17, 15) is 14.7 Å². The average molecular weight is 589 g/mol. The van der Waals surface area contributed by atoms with Crippen LogP contribution in [-0.2, 0) is 25.9 Å². The maximum Gasteiger partial charge on any atom is 0.277 e. The topological polar surface area (TPSA) is 104 Å². The van der Waals surface area contributed by atoms with Gasteiger partial charge in [-0.05, 0) is 72.4 Å². The molecule has 2 aliphatic heterocycles. The van der Waals surface area contributed by atoms with Gasteiger partial charge in [-0.15, -0.1) is 0 Å². The number of halogens is 2. The Morgan fingerprint density at radius 3 is 2.81 bits per heavy atom. The van der Waals surface area contributed by atoms with Gasteiger partial charge in [-0.2, -0.15) is 5.10 Å². The molecule has 2 aromatic heterocycles. The minimum absolute atomic E-state index is 0.0128. The number of pyridine rings is 1. The van der Waals surface area contributed by atoms with Crippen LogP contribution in [0.1, 0.15) is 48.8 Å². The first-order chi connectivity index (χ1) is 20.4. The van der Waals surface area contributed by atoms with E-state index in [2.05, 4.69) is 20.3 Å². The molecule has 4 heterocycles. The number of amides is 2. The highest BCUT2D eigenvalue weighted by atomic mass is 35.5. The summed E-state index contributed by atoms with van der Waals surface area (Å²) in [5.41, 5.74) is 5.52. The number of aliphatic hydroxyl groups excluding tert-OH is 1. The molecule has 0 saturated heterocycles. The first kappa shape index (κ1) is 28.0. The van der Waals surface area contributed by atoms with Crippen molar-refractivity contribution in [2.24, 2.45) is 0 Å². The fraction of sp³-hybridized carbons (Fsp3) is 0.290. The molecule has 0 fully saturated rings. The minimum Gasteiger partial charge on any atom is -0.395 e. The van der Waals surface area contributed by atoms with Crippen LogP contribution >= 0.6 is 11.6 Å². The molecule has 4 aromatic rings. The molecule has 0 atom stereocenters. The van der Waals surface area contributed by atoms with Gasteiger partial charge in [0.15, 0.2) is 11.5 Å². The third kappa shape index (κ3) is 5.17. The SMILES string of the molecule is Cc1ccncc1CNC(=O)c1nn(-c2cccc(Cl)c2F)c2c1CCN(c1ccc3c(c1)CN(CCO)CC3)C2=O. The van der Waals surface area contributed by atoms with Crippen LogP contribution in [0, 0.1) is 12.7 Å². The highest BCUT2D eigenvalue weighted by Crippen LogP contribution is 2.32. The van der Waals surface area contributed by atoms with Crippen LogP contribution in [-0.4, -0.2) is 62.8 Å².